The number of carbonyl (C=O) groups excluding carboxylic acids is 1. The number of nitrogens with one attached hydrogen (secondary N) is 1. The predicted molar refractivity (Wildman–Crippen MR) is 98.4 cm³/mol. The van der Waals surface area contributed by atoms with Gasteiger partial charge in [0.2, 0.25) is 0 Å². The first kappa shape index (κ1) is 18.3. The third-order valence-corrected chi connectivity index (χ3v) is 5.03. The lowest BCUT2D eigenvalue weighted by Crippen LogP contribution is -2.23. The average molecular weight is 385 g/mol. The van der Waals surface area contributed by atoms with Crippen molar-refractivity contribution >= 4 is 5.91 Å². The molecule has 1 aliphatic heterocycles. The third-order valence-electron chi connectivity index (χ3n) is 5.03. The van der Waals surface area contributed by atoms with Crippen LogP contribution in [0.1, 0.15) is 51.4 Å². The number of fused-ring (bicyclic) bond motifs is 1. The summed E-state index contributed by atoms with van der Waals surface area (Å²) in [4.78, 5) is 12.7. The minimum absolute atomic E-state index is 0.344. The number of aromatic nitrogens is 2. The second-order valence-electron chi connectivity index (χ2n) is 6.77. The number of aryl methyl sites for hydroxylation is 2. The second-order valence-corrected chi connectivity index (χ2v) is 6.77. The number of hydrogen-bond donors (Lipinski definition) is 1. The van der Waals surface area contributed by atoms with Gasteiger partial charge in [-0.2, -0.15) is 18.3 Å². The van der Waals surface area contributed by atoms with Crippen LogP contribution in [0.3, 0.4) is 0 Å². The summed E-state index contributed by atoms with van der Waals surface area (Å²) in [6.07, 6.45) is -3.68. The van der Waals surface area contributed by atoms with Crippen LogP contribution in [-0.2, 0) is 12.6 Å². The fraction of sp³-hybridized carbons (Fsp3) is 0.238. The molecule has 0 saturated carbocycles. The van der Waals surface area contributed by atoms with Crippen LogP contribution in [0.25, 0.3) is 5.69 Å². The Labute approximate surface area is 160 Å². The maximum atomic E-state index is 13.1. The molecule has 1 aliphatic rings. The highest BCUT2D eigenvalue weighted by Crippen LogP contribution is 2.37. The highest BCUT2D eigenvalue weighted by Gasteiger charge is 2.38. The predicted octanol–water partition coefficient (Wildman–Crippen LogP) is 4.59. The molecule has 4 rings (SSSR count). The van der Waals surface area contributed by atoms with Gasteiger partial charge in [0, 0.05) is 5.56 Å². The molecule has 0 spiro atoms. The lowest BCUT2D eigenvalue weighted by Gasteiger charge is -2.14. The molecule has 0 fully saturated rings. The summed E-state index contributed by atoms with van der Waals surface area (Å²) < 4.78 is 40.9. The zero-order valence-electron chi connectivity index (χ0n) is 15.3. The number of hydrogen-bond acceptors (Lipinski definition) is 2. The third kappa shape index (κ3) is 2.87. The van der Waals surface area contributed by atoms with Crippen molar-refractivity contribution < 1.29 is 18.0 Å². The first-order valence-corrected chi connectivity index (χ1v) is 8.97. The van der Waals surface area contributed by atoms with E-state index in [9.17, 15) is 18.0 Å². The molecule has 144 valence electrons. The minimum atomic E-state index is -4.44. The molecule has 1 N–H and O–H groups in total. The molecule has 2 aromatic carbocycles. The Hall–Kier alpha value is -3.09. The van der Waals surface area contributed by atoms with Gasteiger partial charge in [0.15, 0.2) is 0 Å². The summed E-state index contributed by atoms with van der Waals surface area (Å²) in [5.74, 6) is -0.344. The monoisotopic (exact) mass is 385 g/mol. The minimum Gasteiger partial charge on any atom is -0.340 e. The number of benzene rings is 2. The van der Waals surface area contributed by atoms with Crippen LogP contribution in [0.5, 0.6) is 0 Å². The Morgan fingerprint density at radius 2 is 1.89 bits per heavy atom. The van der Waals surface area contributed by atoms with Crippen molar-refractivity contribution in [3.8, 4) is 5.69 Å². The van der Waals surface area contributed by atoms with E-state index in [1.54, 1.807) is 17.7 Å². The van der Waals surface area contributed by atoms with Crippen molar-refractivity contribution in [3.05, 3.63) is 82.2 Å². The molecular formula is C21H18F3N3O. The maximum absolute atomic E-state index is 13.1. The highest BCUT2D eigenvalue weighted by atomic mass is 19.4. The van der Waals surface area contributed by atoms with E-state index in [4.69, 9.17) is 0 Å². The van der Waals surface area contributed by atoms with Crippen LogP contribution < -0.4 is 5.32 Å². The van der Waals surface area contributed by atoms with Crippen molar-refractivity contribution in [1.29, 1.82) is 0 Å². The molecule has 3 aromatic rings. The zero-order chi connectivity index (χ0) is 20.1. The largest absolute Gasteiger partial charge is 0.416 e. The molecule has 28 heavy (non-hydrogen) atoms. The van der Waals surface area contributed by atoms with Gasteiger partial charge in [-0.25, -0.2) is 4.68 Å². The number of rotatable bonds is 3. The molecule has 1 aromatic heterocycles. The smallest absolute Gasteiger partial charge is 0.340 e. The van der Waals surface area contributed by atoms with E-state index in [1.807, 2.05) is 31.2 Å². The van der Waals surface area contributed by atoms with Gasteiger partial charge < -0.3 is 5.32 Å². The average Bonchev–Trinajstić information content (AvgIpc) is 3.20. The zero-order valence-corrected chi connectivity index (χ0v) is 15.3. The molecule has 0 aliphatic carbocycles. The van der Waals surface area contributed by atoms with Crippen LogP contribution in [0, 0.1) is 6.92 Å². The lowest BCUT2D eigenvalue weighted by atomic mass is 9.98. The topological polar surface area (TPSA) is 46.9 Å². The fourth-order valence-corrected chi connectivity index (χ4v) is 3.71. The van der Waals surface area contributed by atoms with Crippen LogP contribution in [0.15, 0.2) is 48.5 Å². The van der Waals surface area contributed by atoms with E-state index in [0.29, 0.717) is 22.5 Å². The van der Waals surface area contributed by atoms with Gasteiger partial charge in [-0.05, 0) is 42.7 Å². The fourth-order valence-electron chi connectivity index (χ4n) is 3.71. The van der Waals surface area contributed by atoms with Crippen molar-refractivity contribution in [3.63, 3.8) is 0 Å². The van der Waals surface area contributed by atoms with E-state index in [1.165, 1.54) is 6.07 Å². The SMILES string of the molecule is CCc1ccccc1-n1nc(C)c2c1C(=O)NC2c1cccc(C(F)(F)F)c1. The van der Waals surface area contributed by atoms with Crippen molar-refractivity contribution in [1.82, 2.24) is 15.1 Å². The number of alkyl halides is 3. The van der Waals surface area contributed by atoms with Gasteiger partial charge >= 0.3 is 6.18 Å². The number of carbonyl (C=O) groups is 1. The van der Waals surface area contributed by atoms with Crippen molar-refractivity contribution in [2.24, 2.45) is 0 Å². The molecule has 1 amide bonds. The molecule has 4 nitrogen and oxygen atoms in total. The Kier molecular flexibility index (Phi) is 4.25. The van der Waals surface area contributed by atoms with Gasteiger partial charge in [0.25, 0.3) is 5.91 Å². The molecule has 0 bridgehead atoms. The molecule has 0 radical (unpaired) electrons. The van der Waals surface area contributed by atoms with E-state index >= 15 is 0 Å². The lowest BCUT2D eigenvalue weighted by molar-refractivity contribution is -0.137. The Balaban J connectivity index is 1.85. The highest BCUT2D eigenvalue weighted by molar-refractivity contribution is 5.99. The van der Waals surface area contributed by atoms with Crippen molar-refractivity contribution in [2.75, 3.05) is 0 Å². The van der Waals surface area contributed by atoms with Gasteiger partial charge in [0.05, 0.1) is 23.0 Å². The van der Waals surface area contributed by atoms with Crippen LogP contribution >= 0.6 is 0 Å². The van der Waals surface area contributed by atoms with Crippen LogP contribution in [0.2, 0.25) is 0 Å². The van der Waals surface area contributed by atoms with Gasteiger partial charge in [-0.1, -0.05) is 37.3 Å². The van der Waals surface area contributed by atoms with Crippen LogP contribution in [0.4, 0.5) is 13.2 Å². The maximum Gasteiger partial charge on any atom is 0.416 e. The molecule has 1 unspecified atom stereocenters. The molecule has 2 heterocycles. The summed E-state index contributed by atoms with van der Waals surface area (Å²) in [5.41, 5.74) is 3.08. The number of nitrogens with zero attached hydrogens (tertiary/aromatic N) is 2. The molecule has 0 saturated heterocycles. The summed E-state index contributed by atoms with van der Waals surface area (Å²) in [6, 6.07) is 12.0. The number of amides is 1. The second kappa shape index (κ2) is 6.51. The Morgan fingerprint density at radius 3 is 2.61 bits per heavy atom. The quantitative estimate of drug-likeness (QED) is 0.717. The van der Waals surface area contributed by atoms with Crippen molar-refractivity contribution in [2.45, 2.75) is 32.5 Å². The van der Waals surface area contributed by atoms with Gasteiger partial charge in [0.1, 0.15) is 5.69 Å². The van der Waals surface area contributed by atoms with Crippen LogP contribution in [-0.4, -0.2) is 15.7 Å². The summed E-state index contributed by atoms with van der Waals surface area (Å²) >= 11 is 0. The molecular weight excluding hydrogens is 367 g/mol. The Bertz CT molecular complexity index is 1070. The van der Waals surface area contributed by atoms with E-state index < -0.39 is 17.8 Å². The van der Waals surface area contributed by atoms with Gasteiger partial charge in [-0.15, -0.1) is 0 Å². The first-order valence-electron chi connectivity index (χ1n) is 8.97. The Morgan fingerprint density at radius 1 is 1.14 bits per heavy atom. The number of halogens is 3. The number of para-hydroxylation sites is 1. The van der Waals surface area contributed by atoms with Gasteiger partial charge in [-0.3, -0.25) is 4.79 Å². The van der Waals surface area contributed by atoms with E-state index in [2.05, 4.69) is 10.4 Å². The summed E-state index contributed by atoms with van der Waals surface area (Å²) in [5, 5.41) is 7.36. The summed E-state index contributed by atoms with van der Waals surface area (Å²) in [6.45, 7) is 3.78. The van der Waals surface area contributed by atoms with E-state index in [-0.39, 0.29) is 5.91 Å². The summed E-state index contributed by atoms with van der Waals surface area (Å²) in [7, 11) is 0. The molecule has 7 heteroatoms. The molecule has 1 atom stereocenters. The standard InChI is InChI=1S/C21H18F3N3O/c1-3-13-7-4-5-10-16(13)27-19-17(12(2)26-27)18(25-20(19)28)14-8-6-9-15(11-14)21(22,23)24/h4-11,18H,3H2,1-2H3,(H,25,28). The van der Waals surface area contributed by atoms with E-state index in [0.717, 1.165) is 29.8 Å². The normalized spacial score (nSPS) is 16.2. The first-order chi connectivity index (χ1) is 13.3.